The first kappa shape index (κ1) is 16.1. The van der Waals surface area contributed by atoms with Crippen molar-refractivity contribution in [1.82, 2.24) is 9.78 Å². The summed E-state index contributed by atoms with van der Waals surface area (Å²) in [6.07, 6.45) is 8.39. The average molecular weight is 388 g/mol. The van der Waals surface area contributed by atoms with Gasteiger partial charge in [-0.25, -0.2) is 4.90 Å². The molecule has 2 fully saturated rings. The van der Waals surface area contributed by atoms with Crippen molar-refractivity contribution in [1.29, 1.82) is 0 Å². The number of fused-ring (bicyclic) bond motifs is 5. The number of anilines is 1. The number of rotatable bonds is 3. The van der Waals surface area contributed by atoms with Crippen LogP contribution in [0.1, 0.15) is 12.0 Å². The summed E-state index contributed by atoms with van der Waals surface area (Å²) in [5.41, 5.74) is 1.39. The summed E-state index contributed by atoms with van der Waals surface area (Å²) >= 11 is 12.1. The highest BCUT2D eigenvalue weighted by atomic mass is 35.5. The van der Waals surface area contributed by atoms with Crippen molar-refractivity contribution in [2.45, 2.75) is 13.0 Å². The molecule has 2 amide bonds. The largest absolute Gasteiger partial charge is 0.274 e. The zero-order chi connectivity index (χ0) is 18.0. The smallest absolute Gasteiger partial charge is 0.238 e. The van der Waals surface area contributed by atoms with Gasteiger partial charge in [-0.15, -0.1) is 0 Å². The molecule has 1 aromatic heterocycles. The van der Waals surface area contributed by atoms with Crippen molar-refractivity contribution in [3.05, 3.63) is 58.4 Å². The standard InChI is InChI=1S/C19H15Cl2N3O2/c20-13-4-3-12(15(21)6-13)8-23-9-14(7-22-23)24-18(25)16-10-1-2-11(5-10)17(16)19(24)26/h1-4,6-7,9-11,16-17H,5,8H2. The van der Waals surface area contributed by atoms with E-state index in [1.165, 1.54) is 4.90 Å². The highest BCUT2D eigenvalue weighted by Crippen LogP contribution is 2.53. The molecule has 3 aliphatic rings. The van der Waals surface area contributed by atoms with Gasteiger partial charge < -0.3 is 0 Å². The highest BCUT2D eigenvalue weighted by molar-refractivity contribution is 6.35. The number of hydrogen-bond donors (Lipinski definition) is 0. The summed E-state index contributed by atoms with van der Waals surface area (Å²) < 4.78 is 1.67. The summed E-state index contributed by atoms with van der Waals surface area (Å²) in [6.45, 7) is 0.436. The lowest BCUT2D eigenvalue weighted by Gasteiger charge is -2.14. The molecule has 5 rings (SSSR count). The summed E-state index contributed by atoms with van der Waals surface area (Å²) in [4.78, 5) is 27.0. The van der Waals surface area contributed by atoms with Crippen LogP contribution in [-0.4, -0.2) is 21.6 Å². The van der Waals surface area contributed by atoms with Crippen LogP contribution in [0.5, 0.6) is 0 Å². The fraction of sp³-hybridized carbons (Fsp3) is 0.316. The number of allylic oxidation sites excluding steroid dienone is 2. The SMILES string of the molecule is O=C1C2C3C=CC(C3)C2C(=O)N1c1cnn(Cc2ccc(Cl)cc2Cl)c1. The molecule has 0 spiro atoms. The number of hydrogen-bond acceptors (Lipinski definition) is 3. The fourth-order valence-electron chi connectivity index (χ4n) is 4.54. The molecule has 1 saturated heterocycles. The molecule has 0 N–H and O–H groups in total. The van der Waals surface area contributed by atoms with Gasteiger partial charge in [0.2, 0.25) is 11.8 Å². The van der Waals surface area contributed by atoms with Crippen LogP contribution >= 0.6 is 23.2 Å². The first-order chi connectivity index (χ1) is 12.5. The minimum atomic E-state index is -0.202. The Kier molecular flexibility index (Phi) is 3.52. The van der Waals surface area contributed by atoms with E-state index in [1.54, 1.807) is 29.2 Å². The van der Waals surface area contributed by atoms with E-state index in [9.17, 15) is 9.59 Å². The Morgan fingerprint density at radius 3 is 2.42 bits per heavy atom. The lowest BCUT2D eigenvalue weighted by atomic mass is 9.85. The van der Waals surface area contributed by atoms with Gasteiger partial charge in [0.25, 0.3) is 0 Å². The van der Waals surface area contributed by atoms with Gasteiger partial charge in [-0.3, -0.25) is 14.3 Å². The van der Waals surface area contributed by atoms with Crippen LogP contribution in [0.3, 0.4) is 0 Å². The van der Waals surface area contributed by atoms with Gasteiger partial charge in [-0.1, -0.05) is 41.4 Å². The van der Waals surface area contributed by atoms with E-state index in [-0.39, 0.29) is 35.5 Å². The summed E-state index contributed by atoms with van der Waals surface area (Å²) in [5, 5.41) is 5.43. The van der Waals surface area contributed by atoms with Crippen LogP contribution < -0.4 is 4.90 Å². The predicted molar refractivity (Wildman–Crippen MR) is 98.0 cm³/mol. The van der Waals surface area contributed by atoms with Crippen molar-refractivity contribution >= 4 is 40.7 Å². The van der Waals surface area contributed by atoms with Crippen molar-refractivity contribution in [2.75, 3.05) is 4.90 Å². The molecule has 7 heteroatoms. The Morgan fingerprint density at radius 1 is 1.08 bits per heavy atom. The lowest BCUT2D eigenvalue weighted by molar-refractivity contribution is -0.123. The molecule has 26 heavy (non-hydrogen) atoms. The lowest BCUT2D eigenvalue weighted by Crippen LogP contribution is -2.32. The van der Waals surface area contributed by atoms with Crippen molar-refractivity contribution in [3.8, 4) is 0 Å². The quantitative estimate of drug-likeness (QED) is 0.597. The maximum absolute atomic E-state index is 12.8. The van der Waals surface area contributed by atoms with Gasteiger partial charge in [0.15, 0.2) is 0 Å². The zero-order valence-electron chi connectivity index (χ0n) is 13.7. The highest BCUT2D eigenvalue weighted by Gasteiger charge is 2.59. The van der Waals surface area contributed by atoms with Crippen molar-refractivity contribution < 1.29 is 9.59 Å². The molecular weight excluding hydrogens is 373 g/mol. The molecule has 2 bridgehead atoms. The van der Waals surface area contributed by atoms with Gasteiger partial charge >= 0.3 is 0 Å². The van der Waals surface area contributed by atoms with E-state index >= 15 is 0 Å². The number of halogens is 2. The maximum atomic E-state index is 12.8. The molecule has 1 aromatic carbocycles. The third kappa shape index (κ3) is 2.27. The molecule has 2 aliphatic carbocycles. The number of aromatic nitrogens is 2. The van der Waals surface area contributed by atoms with E-state index in [0.717, 1.165) is 12.0 Å². The van der Waals surface area contributed by atoms with E-state index < -0.39 is 0 Å². The van der Waals surface area contributed by atoms with Gasteiger partial charge in [-0.05, 0) is 36.0 Å². The van der Waals surface area contributed by atoms with Gasteiger partial charge in [-0.2, -0.15) is 5.10 Å². The van der Waals surface area contributed by atoms with Crippen LogP contribution in [0.4, 0.5) is 5.69 Å². The van der Waals surface area contributed by atoms with Crippen molar-refractivity contribution in [2.24, 2.45) is 23.7 Å². The van der Waals surface area contributed by atoms with E-state index in [4.69, 9.17) is 23.2 Å². The second-order valence-electron chi connectivity index (χ2n) is 7.14. The van der Waals surface area contributed by atoms with Crippen LogP contribution in [-0.2, 0) is 16.1 Å². The average Bonchev–Trinajstić information content (AvgIpc) is 3.35. The normalized spacial score (nSPS) is 29.1. The predicted octanol–water partition coefficient (Wildman–Crippen LogP) is 3.55. The zero-order valence-corrected chi connectivity index (χ0v) is 15.2. The molecule has 4 unspecified atom stereocenters. The van der Waals surface area contributed by atoms with E-state index in [0.29, 0.717) is 22.3 Å². The first-order valence-corrected chi connectivity index (χ1v) is 9.31. The number of amides is 2. The van der Waals surface area contributed by atoms with Crippen molar-refractivity contribution in [3.63, 3.8) is 0 Å². The Hall–Kier alpha value is -2.11. The minimum absolute atomic E-state index is 0.0964. The monoisotopic (exact) mass is 387 g/mol. The van der Waals surface area contributed by atoms with Gasteiger partial charge in [0.1, 0.15) is 0 Å². The molecule has 132 valence electrons. The summed E-state index contributed by atoms with van der Waals surface area (Å²) in [5.74, 6) is -0.191. The van der Waals surface area contributed by atoms with Gasteiger partial charge in [0, 0.05) is 16.2 Å². The number of benzene rings is 1. The molecule has 1 aliphatic heterocycles. The topological polar surface area (TPSA) is 55.2 Å². The second kappa shape index (κ2) is 5.69. The third-order valence-corrected chi connectivity index (χ3v) is 6.28. The Balaban J connectivity index is 1.41. The summed E-state index contributed by atoms with van der Waals surface area (Å²) in [7, 11) is 0. The number of nitrogens with zero attached hydrogens (tertiary/aromatic N) is 3. The third-order valence-electron chi connectivity index (χ3n) is 5.70. The van der Waals surface area contributed by atoms with E-state index in [2.05, 4.69) is 17.3 Å². The van der Waals surface area contributed by atoms with E-state index in [1.807, 2.05) is 6.07 Å². The molecule has 5 nitrogen and oxygen atoms in total. The Morgan fingerprint density at radius 2 is 1.77 bits per heavy atom. The number of carbonyl (C=O) groups excluding carboxylic acids is 2. The molecule has 4 atom stereocenters. The minimum Gasteiger partial charge on any atom is -0.274 e. The first-order valence-electron chi connectivity index (χ1n) is 8.55. The van der Waals surface area contributed by atoms with Crippen LogP contribution in [0, 0.1) is 23.7 Å². The van der Waals surface area contributed by atoms with Gasteiger partial charge in [0.05, 0.1) is 30.3 Å². The van der Waals surface area contributed by atoms with Crippen LogP contribution in [0.15, 0.2) is 42.7 Å². The van der Waals surface area contributed by atoms with Crippen LogP contribution in [0.25, 0.3) is 0 Å². The molecule has 2 aromatic rings. The molecule has 2 heterocycles. The second-order valence-corrected chi connectivity index (χ2v) is 7.99. The molecular formula is C19H15Cl2N3O2. The Labute approximate surface area is 160 Å². The Bertz CT molecular complexity index is 937. The van der Waals surface area contributed by atoms with Crippen LogP contribution in [0.2, 0.25) is 10.0 Å². The molecule has 1 saturated carbocycles. The number of imide groups is 1. The fourth-order valence-corrected chi connectivity index (χ4v) is 5.00. The number of carbonyl (C=O) groups is 2. The molecule has 0 radical (unpaired) electrons. The maximum Gasteiger partial charge on any atom is 0.238 e. The summed E-state index contributed by atoms with van der Waals surface area (Å²) in [6, 6.07) is 5.29.